The minimum Gasteiger partial charge on any atom is -0.463 e. The fraction of sp³-hybridized carbons (Fsp3) is 0.731. The van der Waals surface area contributed by atoms with E-state index >= 15 is 0 Å². The summed E-state index contributed by atoms with van der Waals surface area (Å²) in [6, 6.07) is 0. The van der Waals surface area contributed by atoms with Crippen LogP contribution in [0, 0.1) is 0 Å². The standard InChI is InChI=1S/C26H36O18/c1-11(27)35-8-18-20(39-14(4)30)22(40-15(5)31)23(41-16(6)32)25(43-18)44-21-19(38-13(3)29)9-37-26(34,10-36-12(2)28)24(21)42-17(7)33/h18-25,34H,8-10H2,1-7H3/t18-,19-,20-,21-,22+,23-,24+,25-,26-/m1/s1. The van der Waals surface area contributed by atoms with E-state index in [1.54, 1.807) is 0 Å². The van der Waals surface area contributed by atoms with Gasteiger partial charge in [0.2, 0.25) is 5.79 Å². The van der Waals surface area contributed by atoms with Gasteiger partial charge in [-0.2, -0.15) is 0 Å². The molecule has 0 saturated carbocycles. The van der Waals surface area contributed by atoms with Crippen LogP contribution in [0.1, 0.15) is 48.5 Å². The van der Waals surface area contributed by atoms with Crippen molar-refractivity contribution in [2.75, 3.05) is 19.8 Å². The molecule has 44 heavy (non-hydrogen) atoms. The highest BCUT2D eigenvalue weighted by Gasteiger charge is 2.59. The van der Waals surface area contributed by atoms with Gasteiger partial charge in [-0.15, -0.1) is 0 Å². The highest BCUT2D eigenvalue weighted by Crippen LogP contribution is 2.36. The van der Waals surface area contributed by atoms with Gasteiger partial charge < -0.3 is 52.5 Å². The molecule has 18 nitrogen and oxygen atoms in total. The zero-order chi connectivity index (χ0) is 33.4. The fourth-order valence-corrected chi connectivity index (χ4v) is 4.45. The van der Waals surface area contributed by atoms with Crippen LogP contribution in [-0.4, -0.2) is 122 Å². The Balaban J connectivity index is 2.67. The number of carbonyl (C=O) groups is 7. The van der Waals surface area contributed by atoms with Crippen LogP contribution >= 0.6 is 0 Å². The first-order valence-corrected chi connectivity index (χ1v) is 13.2. The Hall–Kier alpha value is -3.87. The van der Waals surface area contributed by atoms with Crippen LogP contribution < -0.4 is 0 Å². The first-order chi connectivity index (χ1) is 20.4. The second kappa shape index (κ2) is 15.7. The summed E-state index contributed by atoms with van der Waals surface area (Å²) in [6.45, 7) is 5.17. The summed E-state index contributed by atoms with van der Waals surface area (Å²) in [5.74, 6) is -8.68. The molecule has 0 aromatic heterocycles. The second-order valence-corrected chi connectivity index (χ2v) is 9.78. The first-order valence-electron chi connectivity index (χ1n) is 13.2. The van der Waals surface area contributed by atoms with Crippen LogP contribution in [0.2, 0.25) is 0 Å². The van der Waals surface area contributed by atoms with Gasteiger partial charge in [-0.3, -0.25) is 33.6 Å². The first kappa shape index (κ1) is 36.3. The largest absolute Gasteiger partial charge is 0.463 e. The van der Waals surface area contributed by atoms with Gasteiger partial charge >= 0.3 is 41.8 Å². The molecular weight excluding hydrogens is 600 g/mol. The van der Waals surface area contributed by atoms with Crippen molar-refractivity contribution in [2.24, 2.45) is 0 Å². The molecule has 2 fully saturated rings. The third-order valence-electron chi connectivity index (χ3n) is 5.94. The highest BCUT2D eigenvalue weighted by molar-refractivity contribution is 5.69. The average Bonchev–Trinajstić information content (AvgIpc) is 2.87. The van der Waals surface area contributed by atoms with Crippen LogP contribution in [0.5, 0.6) is 0 Å². The van der Waals surface area contributed by atoms with Crippen molar-refractivity contribution < 1.29 is 86.0 Å². The number of rotatable bonds is 11. The molecular formula is C26H36O18. The SMILES string of the molecule is CC(=O)OC[C@H]1O[C@H](O[C@@H]2[C@H](OC(C)=O)CO[C@](O)(COC(C)=O)[C@H]2OC(C)=O)[C@H](OC(C)=O)[C@@H](OC(C)=O)[C@@H]1OC(C)=O. The molecule has 0 radical (unpaired) electrons. The number of esters is 7. The zero-order valence-corrected chi connectivity index (χ0v) is 25.1. The van der Waals surface area contributed by atoms with Crippen LogP contribution in [-0.2, 0) is 80.9 Å². The smallest absolute Gasteiger partial charge is 0.303 e. The molecule has 1 N–H and O–H groups in total. The number of carbonyl (C=O) groups excluding carboxylic acids is 7. The maximum absolute atomic E-state index is 12.2. The number of ether oxygens (including phenoxy) is 10. The van der Waals surface area contributed by atoms with Crippen molar-refractivity contribution in [3.63, 3.8) is 0 Å². The topological polar surface area (TPSA) is 232 Å². The molecule has 2 saturated heterocycles. The van der Waals surface area contributed by atoms with Crippen molar-refractivity contribution in [1.82, 2.24) is 0 Å². The summed E-state index contributed by atoms with van der Waals surface area (Å²) in [4.78, 5) is 83.5. The van der Waals surface area contributed by atoms with Gasteiger partial charge in [0, 0.05) is 48.5 Å². The predicted octanol–water partition coefficient (Wildman–Crippen LogP) is -1.40. The molecule has 2 aliphatic rings. The summed E-state index contributed by atoms with van der Waals surface area (Å²) in [7, 11) is 0. The van der Waals surface area contributed by atoms with E-state index in [9.17, 15) is 38.7 Å². The lowest BCUT2D eigenvalue weighted by molar-refractivity contribution is -0.374. The minimum absolute atomic E-state index is 0.581. The molecule has 248 valence electrons. The molecule has 9 atom stereocenters. The molecule has 2 heterocycles. The lowest BCUT2D eigenvalue weighted by Crippen LogP contribution is -2.68. The van der Waals surface area contributed by atoms with E-state index in [1.165, 1.54) is 0 Å². The number of hydrogen-bond acceptors (Lipinski definition) is 18. The summed E-state index contributed by atoms with van der Waals surface area (Å²) >= 11 is 0. The summed E-state index contributed by atoms with van der Waals surface area (Å²) in [5.41, 5.74) is 0. The molecule has 0 aliphatic carbocycles. The van der Waals surface area contributed by atoms with Gasteiger partial charge in [-0.05, 0) is 0 Å². The van der Waals surface area contributed by atoms with Crippen molar-refractivity contribution in [1.29, 1.82) is 0 Å². The monoisotopic (exact) mass is 636 g/mol. The number of aliphatic hydroxyl groups is 1. The maximum atomic E-state index is 12.2. The van der Waals surface area contributed by atoms with E-state index in [0.717, 1.165) is 48.5 Å². The van der Waals surface area contributed by atoms with E-state index in [1.807, 2.05) is 0 Å². The van der Waals surface area contributed by atoms with Crippen molar-refractivity contribution in [3.05, 3.63) is 0 Å². The molecule has 2 aliphatic heterocycles. The van der Waals surface area contributed by atoms with E-state index in [-0.39, 0.29) is 0 Å². The molecule has 0 unspecified atom stereocenters. The zero-order valence-electron chi connectivity index (χ0n) is 25.1. The quantitative estimate of drug-likeness (QED) is 0.203. The lowest BCUT2D eigenvalue weighted by Gasteiger charge is -2.49. The van der Waals surface area contributed by atoms with Gasteiger partial charge in [0.05, 0.1) is 6.61 Å². The van der Waals surface area contributed by atoms with Crippen molar-refractivity contribution in [2.45, 2.75) is 103 Å². The van der Waals surface area contributed by atoms with Gasteiger partial charge in [-0.25, -0.2) is 0 Å². The van der Waals surface area contributed by atoms with Crippen LogP contribution in [0.25, 0.3) is 0 Å². The Morgan fingerprint density at radius 2 is 1.14 bits per heavy atom. The lowest BCUT2D eigenvalue weighted by atomic mass is 9.95. The molecule has 0 bridgehead atoms. The van der Waals surface area contributed by atoms with Crippen LogP contribution in [0.15, 0.2) is 0 Å². The van der Waals surface area contributed by atoms with Gasteiger partial charge in [0.1, 0.15) is 25.4 Å². The van der Waals surface area contributed by atoms with Crippen LogP contribution in [0.4, 0.5) is 0 Å². The van der Waals surface area contributed by atoms with Gasteiger partial charge in [0.15, 0.2) is 36.8 Å². The van der Waals surface area contributed by atoms with Crippen molar-refractivity contribution in [3.8, 4) is 0 Å². The maximum Gasteiger partial charge on any atom is 0.303 e. The van der Waals surface area contributed by atoms with Gasteiger partial charge in [0.25, 0.3) is 0 Å². The Morgan fingerprint density at radius 3 is 1.64 bits per heavy atom. The van der Waals surface area contributed by atoms with Gasteiger partial charge in [-0.1, -0.05) is 0 Å². The summed E-state index contributed by atoms with van der Waals surface area (Å²) in [5, 5.41) is 11.3. The Labute approximate surface area is 251 Å². The highest BCUT2D eigenvalue weighted by atomic mass is 16.8. The molecule has 18 heteroatoms. The third-order valence-corrected chi connectivity index (χ3v) is 5.94. The Bertz CT molecular complexity index is 1100. The Morgan fingerprint density at radius 1 is 0.636 bits per heavy atom. The van der Waals surface area contributed by atoms with E-state index < -0.39 is 116 Å². The van der Waals surface area contributed by atoms with Crippen LogP contribution in [0.3, 0.4) is 0 Å². The predicted molar refractivity (Wildman–Crippen MR) is 135 cm³/mol. The normalized spacial score (nSPS) is 31.5. The second-order valence-electron chi connectivity index (χ2n) is 9.78. The molecule has 0 spiro atoms. The fourth-order valence-electron chi connectivity index (χ4n) is 4.45. The van der Waals surface area contributed by atoms with E-state index in [4.69, 9.17) is 47.4 Å². The molecule has 0 aromatic carbocycles. The minimum atomic E-state index is -2.56. The number of hydrogen-bond donors (Lipinski definition) is 1. The van der Waals surface area contributed by atoms with E-state index in [0.29, 0.717) is 0 Å². The van der Waals surface area contributed by atoms with Crippen molar-refractivity contribution >= 4 is 41.8 Å². The molecule has 0 amide bonds. The Kier molecular flexibility index (Phi) is 13.0. The molecule has 2 rings (SSSR count). The van der Waals surface area contributed by atoms with E-state index in [2.05, 4.69) is 0 Å². The third kappa shape index (κ3) is 10.4. The average molecular weight is 637 g/mol. The molecule has 0 aromatic rings. The summed E-state index contributed by atoms with van der Waals surface area (Å²) in [6.07, 6.45) is -13.1. The summed E-state index contributed by atoms with van der Waals surface area (Å²) < 4.78 is 53.9.